The molecule has 0 aliphatic carbocycles. The molecule has 0 spiro atoms. The lowest BCUT2D eigenvalue weighted by Crippen LogP contribution is -2.43. The smallest absolute Gasteiger partial charge is 0.195 e. The summed E-state index contributed by atoms with van der Waals surface area (Å²) in [4.78, 5) is 0. The van der Waals surface area contributed by atoms with Gasteiger partial charge in [-0.05, 0) is 23.9 Å². The molecule has 0 N–H and O–H groups in total. The van der Waals surface area contributed by atoms with Crippen LogP contribution in [-0.2, 0) is 113 Å². The second kappa shape index (κ2) is 45.2. The number of nitrogens with zero attached hydrogens (tertiary/aromatic N) is 20. The lowest BCUT2D eigenvalue weighted by Gasteiger charge is -2.12. The molecular formula is C44H72B4N20O8. The van der Waals surface area contributed by atoms with Gasteiger partial charge in [0.1, 0.15) is 0 Å². The molecule has 8 rings (SSSR count). The van der Waals surface area contributed by atoms with Crippen LogP contribution in [0, 0.1) is 44.9 Å². The number of hydrogen-bond acceptors (Lipinski definition) is 12. The highest BCUT2D eigenvalue weighted by Crippen LogP contribution is 1.75. The van der Waals surface area contributed by atoms with Crippen LogP contribution in [0.1, 0.15) is 0 Å². The first kappa shape index (κ1) is 74.1. The molecule has 0 amide bonds. The van der Waals surface area contributed by atoms with Crippen LogP contribution in [-0.4, -0.2) is 65.9 Å². The van der Waals surface area contributed by atoms with Gasteiger partial charge < -0.3 is 40.2 Å². The van der Waals surface area contributed by atoms with Gasteiger partial charge in [-0.25, -0.2) is 21.0 Å². The van der Waals surface area contributed by atoms with Crippen LogP contribution in [0.15, 0.2) is 148 Å². The van der Waals surface area contributed by atoms with Crippen molar-refractivity contribution in [3.63, 3.8) is 0 Å². The number of nitriles is 4. The van der Waals surface area contributed by atoms with Gasteiger partial charge in [-0.1, -0.05) is 0 Å². The quantitative estimate of drug-likeness (QED) is 0.101. The summed E-state index contributed by atoms with van der Waals surface area (Å²) >= 11 is 0. The third kappa shape index (κ3) is 43.2. The summed E-state index contributed by atoms with van der Waals surface area (Å²) in [6.45, 7) is 0. The van der Waals surface area contributed by atoms with Gasteiger partial charge in [-0.15, -0.1) is 37.5 Å². The van der Waals surface area contributed by atoms with Gasteiger partial charge in [-0.2, -0.15) is 37.5 Å². The fourth-order valence-electron chi connectivity index (χ4n) is 3.98. The van der Waals surface area contributed by atoms with Crippen molar-refractivity contribution >= 4 is 28.5 Å². The highest BCUT2D eigenvalue weighted by Gasteiger charge is 1.94. The molecule has 0 saturated carbocycles. The Morgan fingerprint density at radius 1 is 0.250 bits per heavy atom. The maximum absolute atomic E-state index is 8.98. The fourth-order valence-corrected chi connectivity index (χ4v) is 3.98. The maximum Gasteiger partial charge on any atom is 0.195 e. The molecule has 0 saturated heterocycles. The van der Waals surface area contributed by atoms with Gasteiger partial charge in [0.05, 0.1) is 106 Å². The van der Waals surface area contributed by atoms with Crippen LogP contribution in [0.4, 0.5) is 0 Å². The van der Waals surface area contributed by atoms with Crippen molar-refractivity contribution < 1.29 is 77.6 Å². The van der Waals surface area contributed by atoms with Crippen molar-refractivity contribution in [1.82, 2.24) is 37.5 Å². The monoisotopic (exact) mass is 1050 g/mol. The molecular weight excluding hydrogens is 980 g/mol. The van der Waals surface area contributed by atoms with Crippen molar-refractivity contribution in [1.29, 1.82) is 21.0 Å². The third-order valence-corrected chi connectivity index (χ3v) is 9.23. The Hall–Kier alpha value is -8.42. The largest absolute Gasteiger partial charge is 0.881 e. The van der Waals surface area contributed by atoms with Gasteiger partial charge in [0, 0.05) is 77.0 Å². The summed E-state index contributed by atoms with van der Waals surface area (Å²) in [6, 6.07) is 16.0. The zero-order valence-electron chi connectivity index (χ0n) is 46.4. The van der Waals surface area contributed by atoms with Gasteiger partial charge in [0.15, 0.2) is 106 Å². The van der Waals surface area contributed by atoms with Gasteiger partial charge in [-0.3, -0.25) is 0 Å². The average molecular weight is 1050 g/mol. The van der Waals surface area contributed by atoms with Crippen molar-refractivity contribution in [2.24, 2.45) is 113 Å². The summed E-state index contributed by atoms with van der Waals surface area (Å²) in [7, 11) is 22.8. The van der Waals surface area contributed by atoms with Gasteiger partial charge in [0.25, 0.3) is 0 Å². The van der Waals surface area contributed by atoms with E-state index in [0.29, 0.717) is 0 Å². The molecule has 8 aromatic rings. The number of aromatic nitrogens is 16. The Balaban J connectivity index is -0.000000373. The van der Waals surface area contributed by atoms with Crippen molar-refractivity contribution in [3.05, 3.63) is 148 Å². The highest BCUT2D eigenvalue weighted by molar-refractivity contribution is 6.47. The van der Waals surface area contributed by atoms with Crippen molar-refractivity contribution in [3.8, 4) is 23.9 Å². The summed E-state index contributed by atoms with van der Waals surface area (Å²) in [5.74, 6) is 3.67. The molecule has 0 fully saturated rings. The van der Waals surface area contributed by atoms with Crippen LogP contribution in [0.5, 0.6) is 0 Å². The summed E-state index contributed by atoms with van der Waals surface area (Å²) in [6.07, 6.45) is 32.0. The molecule has 76 heavy (non-hydrogen) atoms. The van der Waals surface area contributed by atoms with E-state index in [4.69, 9.17) is 61.2 Å². The minimum Gasteiger partial charge on any atom is -0.881 e. The maximum atomic E-state index is 8.98. The Bertz CT molecular complexity index is 2150. The first-order valence-electron chi connectivity index (χ1n) is 22.2. The van der Waals surface area contributed by atoms with E-state index in [2.05, 4.69) is 0 Å². The van der Waals surface area contributed by atoms with E-state index < -0.39 is 28.5 Å². The SMILES string of the molecule is Cn1ccc[n+]1C.Cn1ccc[n+]1C.Cn1ccc[n+]1C.Cn1ccc[n+]1C.Cn1ccc[n+]1C.Cn1ccc[n+]1C.Cn1ccc[n+]1C.Cn1ccc[n+]1C.N#CB([O-])[O-].N#CB([O-])[O-].N#CB([O-])[O-].N#CB([O-])[O-]. The Labute approximate surface area is 447 Å². The van der Waals surface area contributed by atoms with E-state index in [1.165, 1.54) is 0 Å². The fraction of sp³-hybridized carbons (Fsp3) is 0.364. The minimum absolute atomic E-state index is 0.917. The van der Waals surface area contributed by atoms with E-state index in [1.807, 2.05) is 335 Å². The number of rotatable bonds is 0. The molecule has 0 bridgehead atoms. The number of aryl methyl sites for hydroxylation is 16. The molecule has 0 unspecified atom stereocenters. The first-order chi connectivity index (χ1) is 35.5. The molecule has 8 aromatic heterocycles. The molecule has 0 radical (unpaired) electrons. The first-order valence-corrected chi connectivity index (χ1v) is 22.2. The van der Waals surface area contributed by atoms with Gasteiger partial charge in [0.2, 0.25) is 0 Å². The molecule has 32 heteroatoms. The van der Waals surface area contributed by atoms with Crippen molar-refractivity contribution in [2.75, 3.05) is 0 Å². The van der Waals surface area contributed by atoms with Crippen LogP contribution >= 0.6 is 0 Å². The Morgan fingerprint density at radius 2 is 0.329 bits per heavy atom. The zero-order chi connectivity index (χ0) is 59.3. The Kier molecular flexibility index (Phi) is 44.1. The van der Waals surface area contributed by atoms with Crippen LogP contribution in [0.3, 0.4) is 0 Å². The molecule has 28 nitrogen and oxygen atoms in total. The van der Waals surface area contributed by atoms with Crippen LogP contribution in [0.2, 0.25) is 0 Å². The molecule has 0 aliphatic rings. The summed E-state index contributed by atoms with van der Waals surface area (Å²) in [5, 5.41) is 101. The lowest BCUT2D eigenvalue weighted by molar-refractivity contribution is -0.751. The summed E-state index contributed by atoms with van der Waals surface area (Å²) in [5.41, 5.74) is 0. The second-order valence-electron chi connectivity index (χ2n) is 14.9. The number of hydrogen-bond donors (Lipinski definition) is 0. The van der Waals surface area contributed by atoms with Crippen molar-refractivity contribution in [2.45, 2.75) is 0 Å². The van der Waals surface area contributed by atoms with Gasteiger partial charge >= 0.3 is 0 Å². The normalized spacial score (nSPS) is 8.47. The highest BCUT2D eigenvalue weighted by atomic mass is 16.4. The van der Waals surface area contributed by atoms with E-state index in [1.54, 1.807) is 0 Å². The predicted molar refractivity (Wildman–Crippen MR) is 258 cm³/mol. The predicted octanol–water partition coefficient (Wildman–Crippen LogP) is -12.2. The van der Waals surface area contributed by atoms with E-state index in [-0.39, 0.29) is 0 Å². The zero-order valence-corrected chi connectivity index (χ0v) is 46.4. The van der Waals surface area contributed by atoms with Crippen LogP contribution in [0.25, 0.3) is 0 Å². The third-order valence-electron chi connectivity index (χ3n) is 9.23. The molecule has 0 aliphatic heterocycles. The minimum atomic E-state index is -2.31. The van der Waals surface area contributed by atoms with E-state index >= 15 is 0 Å². The van der Waals surface area contributed by atoms with E-state index in [9.17, 15) is 0 Å². The topological polar surface area (TPSA) is 350 Å². The lowest BCUT2D eigenvalue weighted by atomic mass is 9.97. The molecule has 8 heterocycles. The molecule has 0 atom stereocenters. The van der Waals surface area contributed by atoms with E-state index in [0.717, 1.165) is 23.9 Å². The summed E-state index contributed by atoms with van der Waals surface area (Å²) < 4.78 is 32.0. The Morgan fingerprint density at radius 3 is 0.342 bits per heavy atom. The molecule has 408 valence electrons. The second-order valence-corrected chi connectivity index (χ2v) is 14.9. The van der Waals surface area contributed by atoms with Crippen LogP contribution < -0.4 is 77.6 Å². The molecule has 0 aromatic carbocycles. The standard InChI is InChI=1S/8C5H9N2.4CBNO2/c8*1-6-4-3-5-7(6)2;4*3-1-2(4)5/h8*3-5H,1-2H3;;;;/q8*+1;4*-2. The average Bonchev–Trinajstić information content (AvgIpc) is 4.31.